The summed E-state index contributed by atoms with van der Waals surface area (Å²) in [6.45, 7) is 3.84. The summed E-state index contributed by atoms with van der Waals surface area (Å²) in [7, 11) is 1.71. The van der Waals surface area contributed by atoms with E-state index in [2.05, 4.69) is 21.5 Å². The summed E-state index contributed by atoms with van der Waals surface area (Å²) in [5.74, 6) is 0.959. The fourth-order valence-electron chi connectivity index (χ4n) is 2.32. The molecule has 0 fully saturated rings. The molecular weight excluding hydrogens is 240 g/mol. The molecule has 5 heteroatoms. The molecule has 2 aromatic rings. The Labute approximate surface area is 113 Å². The zero-order valence-electron chi connectivity index (χ0n) is 11.7. The van der Waals surface area contributed by atoms with Crippen molar-refractivity contribution in [2.45, 2.75) is 38.8 Å². The SMILES string of the molecule is CCCn1c(C(N)CCCOC)nc2cnccc21. The molecule has 2 aromatic heterocycles. The highest BCUT2D eigenvalue weighted by Gasteiger charge is 2.16. The monoisotopic (exact) mass is 262 g/mol. The Balaban J connectivity index is 2.27. The Hall–Kier alpha value is -1.46. The van der Waals surface area contributed by atoms with Gasteiger partial charge in [0, 0.05) is 26.5 Å². The lowest BCUT2D eigenvalue weighted by molar-refractivity contribution is 0.190. The summed E-state index contributed by atoms with van der Waals surface area (Å²) in [5.41, 5.74) is 8.32. The number of fused-ring (bicyclic) bond motifs is 1. The van der Waals surface area contributed by atoms with Crippen LogP contribution in [0.1, 0.15) is 38.1 Å². The zero-order chi connectivity index (χ0) is 13.7. The van der Waals surface area contributed by atoms with Crippen molar-refractivity contribution >= 4 is 11.0 Å². The summed E-state index contributed by atoms with van der Waals surface area (Å²) in [6, 6.07) is 1.96. The van der Waals surface area contributed by atoms with Crippen LogP contribution in [0.5, 0.6) is 0 Å². The molecule has 1 atom stereocenters. The summed E-state index contributed by atoms with van der Waals surface area (Å²) in [6.07, 6.45) is 6.49. The topological polar surface area (TPSA) is 66.0 Å². The lowest BCUT2D eigenvalue weighted by Gasteiger charge is -2.14. The number of pyridine rings is 1. The van der Waals surface area contributed by atoms with Crippen molar-refractivity contribution in [1.82, 2.24) is 14.5 Å². The molecule has 0 aliphatic rings. The van der Waals surface area contributed by atoms with Crippen molar-refractivity contribution in [3.63, 3.8) is 0 Å². The molecule has 5 nitrogen and oxygen atoms in total. The van der Waals surface area contributed by atoms with Crippen LogP contribution >= 0.6 is 0 Å². The molecule has 0 amide bonds. The maximum absolute atomic E-state index is 6.27. The van der Waals surface area contributed by atoms with Crippen LogP contribution in [-0.2, 0) is 11.3 Å². The highest BCUT2D eigenvalue weighted by atomic mass is 16.5. The van der Waals surface area contributed by atoms with Gasteiger partial charge in [0.15, 0.2) is 0 Å². The highest BCUT2D eigenvalue weighted by molar-refractivity contribution is 5.74. The predicted octanol–water partition coefficient (Wildman–Crippen LogP) is 2.27. The summed E-state index contributed by atoms with van der Waals surface area (Å²) < 4.78 is 7.29. The molecule has 0 bridgehead atoms. The van der Waals surface area contributed by atoms with E-state index in [1.54, 1.807) is 19.5 Å². The molecule has 2 N–H and O–H groups in total. The lowest BCUT2D eigenvalue weighted by atomic mass is 10.1. The number of hydrogen-bond acceptors (Lipinski definition) is 4. The lowest BCUT2D eigenvalue weighted by Crippen LogP contribution is -2.17. The number of nitrogens with zero attached hydrogens (tertiary/aromatic N) is 3. The molecular formula is C14H22N4O. The second-order valence-corrected chi connectivity index (χ2v) is 4.73. The minimum Gasteiger partial charge on any atom is -0.385 e. The van der Waals surface area contributed by atoms with Gasteiger partial charge in [0.2, 0.25) is 0 Å². The van der Waals surface area contributed by atoms with Gasteiger partial charge in [-0.25, -0.2) is 4.98 Å². The third-order valence-corrected chi connectivity index (χ3v) is 3.22. The minimum absolute atomic E-state index is 0.0471. The first kappa shape index (κ1) is 14.0. The Morgan fingerprint density at radius 1 is 1.47 bits per heavy atom. The number of aromatic nitrogens is 3. The number of rotatable bonds is 7. The second-order valence-electron chi connectivity index (χ2n) is 4.73. The molecule has 0 aliphatic carbocycles. The number of ether oxygens (including phenoxy) is 1. The van der Waals surface area contributed by atoms with Gasteiger partial charge in [0.05, 0.1) is 17.8 Å². The van der Waals surface area contributed by atoms with Crippen LogP contribution in [0.3, 0.4) is 0 Å². The van der Waals surface area contributed by atoms with E-state index in [1.807, 2.05) is 6.07 Å². The van der Waals surface area contributed by atoms with Crippen molar-refractivity contribution in [2.24, 2.45) is 5.73 Å². The van der Waals surface area contributed by atoms with Gasteiger partial charge >= 0.3 is 0 Å². The first-order valence-corrected chi connectivity index (χ1v) is 6.82. The normalized spacial score (nSPS) is 13.0. The van der Waals surface area contributed by atoms with Crippen LogP contribution in [0.25, 0.3) is 11.0 Å². The first-order valence-electron chi connectivity index (χ1n) is 6.82. The van der Waals surface area contributed by atoms with Crippen LogP contribution in [0.4, 0.5) is 0 Å². The quantitative estimate of drug-likeness (QED) is 0.777. The van der Waals surface area contributed by atoms with Crippen molar-refractivity contribution < 1.29 is 4.74 Å². The minimum atomic E-state index is -0.0471. The van der Waals surface area contributed by atoms with Gasteiger partial charge < -0.3 is 15.0 Å². The third kappa shape index (κ3) is 3.11. The van der Waals surface area contributed by atoms with Gasteiger partial charge in [-0.15, -0.1) is 0 Å². The summed E-state index contributed by atoms with van der Waals surface area (Å²) in [5, 5.41) is 0. The van der Waals surface area contributed by atoms with E-state index >= 15 is 0 Å². The van der Waals surface area contributed by atoms with Crippen molar-refractivity contribution in [3.05, 3.63) is 24.3 Å². The largest absolute Gasteiger partial charge is 0.385 e. The molecule has 0 aliphatic heterocycles. The van der Waals surface area contributed by atoms with Crippen LogP contribution in [0.2, 0.25) is 0 Å². The van der Waals surface area contributed by atoms with Gasteiger partial charge in [0.1, 0.15) is 11.3 Å². The Kier molecular flexibility index (Phi) is 4.87. The second kappa shape index (κ2) is 6.63. The summed E-state index contributed by atoms with van der Waals surface area (Å²) >= 11 is 0. The van der Waals surface area contributed by atoms with Gasteiger partial charge in [-0.2, -0.15) is 0 Å². The van der Waals surface area contributed by atoms with Gasteiger partial charge in [0.25, 0.3) is 0 Å². The van der Waals surface area contributed by atoms with Crippen molar-refractivity contribution in [2.75, 3.05) is 13.7 Å². The average Bonchev–Trinajstić information content (AvgIpc) is 2.79. The van der Waals surface area contributed by atoms with E-state index in [4.69, 9.17) is 10.5 Å². The van der Waals surface area contributed by atoms with Crippen LogP contribution in [0, 0.1) is 0 Å². The van der Waals surface area contributed by atoms with E-state index in [-0.39, 0.29) is 6.04 Å². The van der Waals surface area contributed by atoms with Crippen molar-refractivity contribution in [1.29, 1.82) is 0 Å². The first-order chi connectivity index (χ1) is 9.27. The van der Waals surface area contributed by atoms with Gasteiger partial charge in [-0.1, -0.05) is 6.92 Å². The number of nitrogens with two attached hydrogens (primary N) is 1. The van der Waals surface area contributed by atoms with Crippen LogP contribution < -0.4 is 5.73 Å². The standard InChI is InChI=1S/C14H22N4O/c1-3-8-18-13-6-7-16-10-12(13)17-14(18)11(15)5-4-9-19-2/h6-7,10-11H,3-5,8-9,15H2,1-2H3. The molecule has 0 aromatic carbocycles. The fourth-order valence-corrected chi connectivity index (χ4v) is 2.32. The molecule has 2 rings (SSSR count). The molecule has 0 saturated carbocycles. The molecule has 104 valence electrons. The van der Waals surface area contributed by atoms with Crippen LogP contribution in [-0.4, -0.2) is 28.3 Å². The highest BCUT2D eigenvalue weighted by Crippen LogP contribution is 2.22. The third-order valence-electron chi connectivity index (χ3n) is 3.22. The maximum atomic E-state index is 6.27. The Morgan fingerprint density at radius 3 is 3.05 bits per heavy atom. The molecule has 0 radical (unpaired) electrons. The average molecular weight is 262 g/mol. The maximum Gasteiger partial charge on any atom is 0.126 e. The molecule has 2 heterocycles. The molecule has 0 saturated heterocycles. The van der Waals surface area contributed by atoms with E-state index in [0.717, 1.165) is 49.3 Å². The number of imidazole rings is 1. The summed E-state index contributed by atoms with van der Waals surface area (Å²) in [4.78, 5) is 8.77. The number of methoxy groups -OCH3 is 1. The molecule has 1 unspecified atom stereocenters. The zero-order valence-corrected chi connectivity index (χ0v) is 11.7. The number of hydrogen-bond donors (Lipinski definition) is 1. The Bertz CT molecular complexity index is 523. The molecule has 19 heavy (non-hydrogen) atoms. The predicted molar refractivity (Wildman–Crippen MR) is 75.9 cm³/mol. The molecule has 0 spiro atoms. The van der Waals surface area contributed by atoms with E-state index in [9.17, 15) is 0 Å². The van der Waals surface area contributed by atoms with Gasteiger partial charge in [-0.05, 0) is 25.3 Å². The van der Waals surface area contributed by atoms with Gasteiger partial charge in [-0.3, -0.25) is 4.98 Å². The smallest absolute Gasteiger partial charge is 0.126 e. The Morgan fingerprint density at radius 2 is 2.32 bits per heavy atom. The van der Waals surface area contributed by atoms with E-state index in [1.165, 1.54) is 0 Å². The fraction of sp³-hybridized carbons (Fsp3) is 0.571. The van der Waals surface area contributed by atoms with Crippen molar-refractivity contribution in [3.8, 4) is 0 Å². The van der Waals surface area contributed by atoms with E-state index < -0.39 is 0 Å². The van der Waals surface area contributed by atoms with E-state index in [0.29, 0.717) is 0 Å². The van der Waals surface area contributed by atoms with Crippen LogP contribution in [0.15, 0.2) is 18.5 Å². The number of aryl methyl sites for hydroxylation is 1.